The van der Waals surface area contributed by atoms with E-state index in [4.69, 9.17) is 11.6 Å². The minimum Gasteiger partial charge on any atom is -0.336 e. The number of fused-ring (bicyclic) bond motifs is 5. The Morgan fingerprint density at radius 3 is 2.61 bits per heavy atom. The van der Waals surface area contributed by atoms with Gasteiger partial charge < -0.3 is 10.2 Å². The Labute approximate surface area is 198 Å². The van der Waals surface area contributed by atoms with Gasteiger partial charge in [-0.25, -0.2) is 8.78 Å². The van der Waals surface area contributed by atoms with Crippen molar-refractivity contribution in [3.8, 4) is 0 Å². The van der Waals surface area contributed by atoms with E-state index in [0.717, 1.165) is 38.5 Å². The van der Waals surface area contributed by atoms with E-state index in [-0.39, 0.29) is 40.3 Å². The number of carbonyl (C=O) groups is 2. The van der Waals surface area contributed by atoms with Crippen LogP contribution in [0.25, 0.3) is 0 Å². The lowest BCUT2D eigenvalue weighted by molar-refractivity contribution is -0.144. The number of amides is 2. The summed E-state index contributed by atoms with van der Waals surface area (Å²) in [5, 5.41) is 3.10. The summed E-state index contributed by atoms with van der Waals surface area (Å²) in [6, 6.07) is 4.30. The van der Waals surface area contributed by atoms with Gasteiger partial charge in [-0.1, -0.05) is 25.4 Å². The summed E-state index contributed by atoms with van der Waals surface area (Å²) in [5.41, 5.74) is -0.395. The van der Waals surface area contributed by atoms with Crippen LogP contribution in [0.1, 0.15) is 52.4 Å². The molecule has 1 heterocycles. The fourth-order valence-corrected chi connectivity index (χ4v) is 8.23. The zero-order chi connectivity index (χ0) is 23.7. The van der Waals surface area contributed by atoms with Crippen molar-refractivity contribution >= 4 is 29.1 Å². The smallest absolute Gasteiger partial charge is 0.282 e. The maximum Gasteiger partial charge on any atom is 0.282 e. The van der Waals surface area contributed by atoms with Gasteiger partial charge in [-0.05, 0) is 86.0 Å². The van der Waals surface area contributed by atoms with E-state index in [0.29, 0.717) is 16.9 Å². The second-order valence-corrected chi connectivity index (χ2v) is 11.5. The van der Waals surface area contributed by atoms with Gasteiger partial charge in [0.2, 0.25) is 5.91 Å². The van der Waals surface area contributed by atoms with Crippen molar-refractivity contribution < 1.29 is 18.4 Å². The van der Waals surface area contributed by atoms with Crippen LogP contribution in [0.4, 0.5) is 14.5 Å². The predicted octanol–water partition coefficient (Wildman–Crippen LogP) is 5.97. The molecule has 4 nitrogen and oxygen atoms in total. The lowest BCUT2D eigenvalue weighted by Gasteiger charge is -2.60. The van der Waals surface area contributed by atoms with Crippen LogP contribution in [0.15, 0.2) is 30.1 Å². The first kappa shape index (κ1) is 22.8. The molecular formula is C26H31ClF2N2O2. The number of carbonyl (C=O) groups excluding carboxylic acids is 2. The molecule has 0 aromatic heterocycles. The normalized spacial score (nSPS) is 39.9. The summed E-state index contributed by atoms with van der Waals surface area (Å²) in [7, 11) is 1.72. The molecule has 3 aliphatic carbocycles. The summed E-state index contributed by atoms with van der Waals surface area (Å²) in [4.78, 5) is 27.1. The topological polar surface area (TPSA) is 49.4 Å². The molecule has 5 rings (SSSR count). The number of likely N-dealkylation sites (N-methyl/N-ethyl adjacent to an activating group) is 1. The van der Waals surface area contributed by atoms with Gasteiger partial charge in [0.15, 0.2) is 5.83 Å². The number of anilines is 1. The van der Waals surface area contributed by atoms with E-state index in [1.807, 2.05) is 0 Å². The maximum atomic E-state index is 14.6. The number of halogens is 3. The Kier molecular flexibility index (Phi) is 5.39. The minimum atomic E-state index is -0.640. The highest BCUT2D eigenvalue weighted by Gasteiger charge is 2.62. The number of benzene rings is 1. The first-order valence-corrected chi connectivity index (χ1v) is 12.4. The van der Waals surface area contributed by atoms with E-state index in [1.165, 1.54) is 12.1 Å². The van der Waals surface area contributed by atoms with E-state index in [1.54, 1.807) is 24.1 Å². The second kappa shape index (κ2) is 7.79. The van der Waals surface area contributed by atoms with Gasteiger partial charge in [-0.15, -0.1) is 0 Å². The Bertz CT molecular complexity index is 1050. The van der Waals surface area contributed by atoms with E-state index in [2.05, 4.69) is 19.2 Å². The zero-order valence-electron chi connectivity index (χ0n) is 19.3. The molecule has 1 aliphatic heterocycles. The van der Waals surface area contributed by atoms with E-state index >= 15 is 0 Å². The van der Waals surface area contributed by atoms with Crippen molar-refractivity contribution in [2.45, 2.75) is 58.4 Å². The third-order valence-corrected chi connectivity index (χ3v) is 9.90. The summed E-state index contributed by atoms with van der Waals surface area (Å²) >= 11 is 5.84. The minimum absolute atomic E-state index is 0.0171. The van der Waals surface area contributed by atoms with Crippen LogP contribution >= 0.6 is 11.6 Å². The van der Waals surface area contributed by atoms with Gasteiger partial charge in [0.1, 0.15) is 5.82 Å². The largest absolute Gasteiger partial charge is 0.336 e. The van der Waals surface area contributed by atoms with Crippen LogP contribution in [0.5, 0.6) is 0 Å². The van der Waals surface area contributed by atoms with Crippen LogP contribution in [0.3, 0.4) is 0 Å². The third-order valence-electron chi connectivity index (χ3n) is 9.66. The first-order valence-electron chi connectivity index (χ1n) is 12.0. The van der Waals surface area contributed by atoms with Crippen molar-refractivity contribution in [3.05, 3.63) is 40.9 Å². The van der Waals surface area contributed by atoms with Crippen LogP contribution < -0.4 is 5.32 Å². The highest BCUT2D eigenvalue weighted by atomic mass is 35.5. The molecule has 4 aliphatic rings. The summed E-state index contributed by atoms with van der Waals surface area (Å²) in [5.74, 6) is -0.968. The highest BCUT2D eigenvalue weighted by molar-refractivity contribution is 6.30. The molecule has 3 saturated carbocycles. The van der Waals surface area contributed by atoms with E-state index in [9.17, 15) is 18.4 Å². The lowest BCUT2D eigenvalue weighted by Crippen LogP contribution is -2.60. The molecule has 1 aromatic carbocycles. The molecule has 0 spiro atoms. The molecule has 7 atom stereocenters. The van der Waals surface area contributed by atoms with Gasteiger partial charge in [0.05, 0.1) is 5.69 Å². The van der Waals surface area contributed by atoms with Crippen LogP contribution in [-0.2, 0) is 9.59 Å². The number of nitrogens with zero attached hydrogens (tertiary/aromatic N) is 1. The van der Waals surface area contributed by atoms with Gasteiger partial charge in [-0.3, -0.25) is 9.59 Å². The number of hydrogen-bond acceptors (Lipinski definition) is 2. The summed E-state index contributed by atoms with van der Waals surface area (Å²) in [6.07, 6.45) is 6.92. The van der Waals surface area contributed by atoms with Gasteiger partial charge in [0, 0.05) is 29.4 Å². The molecule has 3 fully saturated rings. The maximum absolute atomic E-state index is 14.6. The fourth-order valence-electron chi connectivity index (χ4n) is 8.07. The molecule has 2 unspecified atom stereocenters. The molecule has 2 amide bonds. The van der Waals surface area contributed by atoms with Crippen molar-refractivity contribution in [2.24, 2.45) is 34.5 Å². The summed E-state index contributed by atoms with van der Waals surface area (Å²) in [6.45, 7) is 4.33. The van der Waals surface area contributed by atoms with E-state index < -0.39 is 17.6 Å². The molecule has 33 heavy (non-hydrogen) atoms. The Morgan fingerprint density at radius 2 is 1.88 bits per heavy atom. The monoisotopic (exact) mass is 476 g/mol. The molecule has 0 bridgehead atoms. The van der Waals surface area contributed by atoms with Crippen molar-refractivity contribution in [1.29, 1.82) is 0 Å². The van der Waals surface area contributed by atoms with Crippen LogP contribution in [0, 0.1) is 40.3 Å². The molecule has 7 heteroatoms. The second-order valence-electron chi connectivity index (χ2n) is 11.0. The molecule has 1 N–H and O–H groups in total. The number of nitrogens with one attached hydrogen (secondary N) is 1. The molecular weight excluding hydrogens is 446 g/mol. The van der Waals surface area contributed by atoms with Crippen molar-refractivity contribution in [2.75, 3.05) is 12.4 Å². The third kappa shape index (κ3) is 3.35. The fraction of sp³-hybridized carbons (Fsp3) is 0.615. The standard InChI is InChI=1S/C26H31ClF2N2O2/c1-25-11-10-17-15(5-9-22-26(17,2)13-20(29)24(33)31(22)3)16(25)6-7-18(25)23(32)30-21-8-4-14(27)12-19(21)28/h4,8,12-13,15-18,22H,5-7,9-11H2,1-3H3,(H,30,32)/t15-,16-,17+,18?,22?,25-,26+/m0/s1. The van der Waals surface area contributed by atoms with Crippen LogP contribution in [0.2, 0.25) is 5.02 Å². The first-order chi connectivity index (χ1) is 15.6. The van der Waals surface area contributed by atoms with Crippen LogP contribution in [-0.4, -0.2) is 29.8 Å². The van der Waals surface area contributed by atoms with Gasteiger partial charge >= 0.3 is 0 Å². The quantitative estimate of drug-likeness (QED) is 0.571. The van der Waals surface area contributed by atoms with Gasteiger partial charge in [-0.2, -0.15) is 0 Å². The number of rotatable bonds is 2. The lowest BCUT2D eigenvalue weighted by atomic mass is 9.47. The summed E-state index contributed by atoms with van der Waals surface area (Å²) < 4.78 is 28.8. The van der Waals surface area contributed by atoms with Gasteiger partial charge in [0.25, 0.3) is 5.91 Å². The average molecular weight is 477 g/mol. The predicted molar refractivity (Wildman–Crippen MR) is 124 cm³/mol. The molecule has 178 valence electrons. The SMILES string of the molecule is CN1C(=O)C(F)=C[C@@]2(C)C1CC[C@@H]1[C@H]2CC[C@]2(C)C(C(=O)Nc3ccc(Cl)cc3F)CC[C@@H]12. The Hall–Kier alpha value is -1.95. The Morgan fingerprint density at radius 1 is 1.12 bits per heavy atom. The van der Waals surface area contributed by atoms with Crippen molar-refractivity contribution in [3.63, 3.8) is 0 Å². The molecule has 1 aromatic rings. The Balaban J connectivity index is 1.39. The molecule has 0 radical (unpaired) electrons. The average Bonchev–Trinajstić information content (AvgIpc) is 3.11. The molecule has 0 saturated heterocycles. The highest BCUT2D eigenvalue weighted by Crippen LogP contribution is 2.65. The zero-order valence-corrected chi connectivity index (χ0v) is 20.1. The van der Waals surface area contributed by atoms with Crippen molar-refractivity contribution in [1.82, 2.24) is 4.90 Å². The number of hydrogen-bond donors (Lipinski definition) is 1.